The first-order valence-corrected chi connectivity index (χ1v) is 6.90. The zero-order chi connectivity index (χ0) is 16.3. The fourth-order valence-electron chi connectivity index (χ4n) is 1.94. The summed E-state index contributed by atoms with van der Waals surface area (Å²) in [6.07, 6.45) is 0. The summed E-state index contributed by atoms with van der Waals surface area (Å²) in [5, 5.41) is 12.6. The van der Waals surface area contributed by atoms with Gasteiger partial charge in [0.25, 0.3) is 5.91 Å². The van der Waals surface area contributed by atoms with Gasteiger partial charge in [0.15, 0.2) is 11.6 Å². The number of carbonyl (C=O) groups excluding carboxylic acids is 1. The third kappa shape index (κ3) is 3.61. The van der Waals surface area contributed by atoms with E-state index in [9.17, 15) is 18.7 Å². The topological polar surface area (TPSA) is 49.3 Å². The Morgan fingerprint density at radius 1 is 1.23 bits per heavy atom. The lowest BCUT2D eigenvalue weighted by Crippen LogP contribution is -2.38. The van der Waals surface area contributed by atoms with Crippen LogP contribution in [0.3, 0.4) is 0 Å². The fraction of sp³-hybridized carbons (Fsp3) is 0.188. The van der Waals surface area contributed by atoms with Crippen molar-refractivity contribution in [2.75, 3.05) is 6.54 Å². The lowest BCUT2D eigenvalue weighted by atomic mass is 9.96. The highest BCUT2D eigenvalue weighted by molar-refractivity contribution is 6.33. The molecule has 2 N–H and O–H groups in total. The standard InChI is InChI=1S/C16H14ClF2NO2/c1-16(22,10-5-3-2-4-6-10)9-20-15(21)11-7-13(18)14(19)8-12(11)17/h2-8,22H,9H2,1H3,(H,20,21). The zero-order valence-corrected chi connectivity index (χ0v) is 12.5. The molecule has 2 aromatic carbocycles. The summed E-state index contributed by atoms with van der Waals surface area (Å²) in [6.45, 7) is 1.43. The van der Waals surface area contributed by atoms with Crippen LogP contribution in [0.15, 0.2) is 42.5 Å². The predicted molar refractivity (Wildman–Crippen MR) is 79.7 cm³/mol. The smallest absolute Gasteiger partial charge is 0.253 e. The van der Waals surface area contributed by atoms with Crippen LogP contribution in [-0.4, -0.2) is 17.6 Å². The average molecular weight is 326 g/mol. The van der Waals surface area contributed by atoms with Gasteiger partial charge in [0.1, 0.15) is 5.60 Å². The first kappa shape index (κ1) is 16.4. The molecule has 1 unspecified atom stereocenters. The van der Waals surface area contributed by atoms with Gasteiger partial charge in [-0.2, -0.15) is 0 Å². The van der Waals surface area contributed by atoms with Gasteiger partial charge >= 0.3 is 0 Å². The second kappa shape index (κ2) is 6.42. The third-order valence-electron chi connectivity index (χ3n) is 3.24. The van der Waals surface area contributed by atoms with Crippen molar-refractivity contribution < 1.29 is 18.7 Å². The molecule has 0 saturated carbocycles. The Hall–Kier alpha value is -1.98. The van der Waals surface area contributed by atoms with E-state index in [0.717, 1.165) is 12.1 Å². The second-order valence-corrected chi connectivity index (χ2v) is 5.48. The van der Waals surface area contributed by atoms with Crippen molar-refractivity contribution in [2.45, 2.75) is 12.5 Å². The van der Waals surface area contributed by atoms with Gasteiger partial charge in [0.2, 0.25) is 0 Å². The van der Waals surface area contributed by atoms with Crippen molar-refractivity contribution >= 4 is 17.5 Å². The molecule has 116 valence electrons. The van der Waals surface area contributed by atoms with E-state index >= 15 is 0 Å². The van der Waals surface area contributed by atoms with Crippen LogP contribution >= 0.6 is 11.6 Å². The molecule has 3 nitrogen and oxygen atoms in total. The molecule has 0 fully saturated rings. The van der Waals surface area contributed by atoms with Gasteiger partial charge in [-0.1, -0.05) is 41.9 Å². The molecule has 1 atom stereocenters. The first-order chi connectivity index (χ1) is 10.3. The molecule has 0 saturated heterocycles. The summed E-state index contributed by atoms with van der Waals surface area (Å²) in [5.41, 5.74) is -0.877. The molecule has 6 heteroatoms. The van der Waals surface area contributed by atoms with Crippen molar-refractivity contribution in [1.29, 1.82) is 0 Å². The first-order valence-electron chi connectivity index (χ1n) is 6.52. The highest BCUT2D eigenvalue weighted by atomic mass is 35.5. The molecule has 0 aliphatic rings. The normalized spacial score (nSPS) is 13.5. The Morgan fingerprint density at radius 2 is 1.82 bits per heavy atom. The van der Waals surface area contributed by atoms with Crippen molar-refractivity contribution in [2.24, 2.45) is 0 Å². The number of nitrogens with one attached hydrogen (secondary N) is 1. The highest BCUT2D eigenvalue weighted by Crippen LogP contribution is 2.22. The summed E-state index contributed by atoms with van der Waals surface area (Å²) >= 11 is 5.73. The Bertz CT molecular complexity index is 690. The van der Waals surface area contributed by atoms with Crippen LogP contribution in [0.25, 0.3) is 0 Å². The van der Waals surface area contributed by atoms with Crippen molar-refractivity contribution in [3.05, 3.63) is 70.2 Å². The van der Waals surface area contributed by atoms with E-state index in [2.05, 4.69) is 5.32 Å². The van der Waals surface area contributed by atoms with Crippen LogP contribution in [0, 0.1) is 11.6 Å². The summed E-state index contributed by atoms with van der Waals surface area (Å²) in [4.78, 5) is 12.0. The van der Waals surface area contributed by atoms with Crippen LogP contribution in [0.5, 0.6) is 0 Å². The Morgan fingerprint density at radius 3 is 2.45 bits per heavy atom. The van der Waals surface area contributed by atoms with E-state index < -0.39 is 23.1 Å². The molecule has 0 aliphatic heterocycles. The Labute approximate surface area is 131 Å². The fourth-order valence-corrected chi connectivity index (χ4v) is 2.18. The minimum atomic E-state index is -1.30. The molecule has 0 radical (unpaired) electrons. The lowest BCUT2D eigenvalue weighted by molar-refractivity contribution is 0.0526. The number of aliphatic hydroxyl groups is 1. The van der Waals surface area contributed by atoms with E-state index in [4.69, 9.17) is 11.6 Å². The maximum atomic E-state index is 13.2. The molecule has 1 amide bonds. The lowest BCUT2D eigenvalue weighted by Gasteiger charge is -2.24. The molecule has 22 heavy (non-hydrogen) atoms. The van der Waals surface area contributed by atoms with E-state index in [-0.39, 0.29) is 17.1 Å². The molecule has 0 heterocycles. The Balaban J connectivity index is 2.12. The monoisotopic (exact) mass is 325 g/mol. The summed E-state index contributed by atoms with van der Waals surface area (Å²) < 4.78 is 26.2. The molecule has 0 aliphatic carbocycles. The summed E-state index contributed by atoms with van der Waals surface area (Å²) in [6, 6.07) is 10.2. The van der Waals surface area contributed by atoms with E-state index in [1.54, 1.807) is 30.3 Å². The highest BCUT2D eigenvalue weighted by Gasteiger charge is 2.24. The second-order valence-electron chi connectivity index (χ2n) is 5.07. The maximum absolute atomic E-state index is 13.2. The van der Waals surface area contributed by atoms with E-state index in [1.165, 1.54) is 6.92 Å². The van der Waals surface area contributed by atoms with Crippen LogP contribution in [0.2, 0.25) is 5.02 Å². The number of amides is 1. The minimum absolute atomic E-state index is 0.106. The quantitative estimate of drug-likeness (QED) is 0.848. The zero-order valence-electron chi connectivity index (χ0n) is 11.7. The van der Waals surface area contributed by atoms with Gasteiger partial charge in [-0.15, -0.1) is 0 Å². The van der Waals surface area contributed by atoms with Gasteiger partial charge in [-0.3, -0.25) is 4.79 Å². The van der Waals surface area contributed by atoms with Gasteiger partial charge in [0, 0.05) is 0 Å². The van der Waals surface area contributed by atoms with Crippen molar-refractivity contribution in [3.63, 3.8) is 0 Å². The number of hydrogen-bond acceptors (Lipinski definition) is 2. The number of benzene rings is 2. The van der Waals surface area contributed by atoms with E-state index in [1.807, 2.05) is 0 Å². The van der Waals surface area contributed by atoms with Gasteiger partial charge in [-0.05, 0) is 24.6 Å². The molecular weight excluding hydrogens is 312 g/mol. The summed E-state index contributed by atoms with van der Waals surface area (Å²) in [7, 11) is 0. The average Bonchev–Trinajstić information content (AvgIpc) is 2.49. The molecule has 2 rings (SSSR count). The van der Waals surface area contributed by atoms with Crippen LogP contribution in [-0.2, 0) is 5.60 Å². The molecule has 0 bridgehead atoms. The molecule has 0 aromatic heterocycles. The molecular formula is C16H14ClF2NO2. The number of carbonyl (C=O) groups is 1. The Kier molecular flexibility index (Phi) is 4.78. The molecule has 2 aromatic rings. The SMILES string of the molecule is CC(O)(CNC(=O)c1cc(F)c(F)cc1Cl)c1ccccc1. The van der Waals surface area contributed by atoms with Crippen LogP contribution in [0.4, 0.5) is 8.78 Å². The minimum Gasteiger partial charge on any atom is -0.384 e. The number of hydrogen-bond donors (Lipinski definition) is 2. The van der Waals surface area contributed by atoms with Crippen LogP contribution in [0.1, 0.15) is 22.8 Å². The third-order valence-corrected chi connectivity index (χ3v) is 3.56. The number of halogens is 3. The largest absolute Gasteiger partial charge is 0.384 e. The molecule has 0 spiro atoms. The predicted octanol–water partition coefficient (Wildman–Crippen LogP) is 3.26. The number of rotatable bonds is 4. The van der Waals surface area contributed by atoms with Crippen LogP contribution < -0.4 is 5.32 Å². The summed E-state index contributed by atoms with van der Waals surface area (Å²) in [5.74, 6) is -2.98. The van der Waals surface area contributed by atoms with Gasteiger partial charge < -0.3 is 10.4 Å². The van der Waals surface area contributed by atoms with Gasteiger partial charge in [0.05, 0.1) is 17.1 Å². The van der Waals surface area contributed by atoms with Crippen molar-refractivity contribution in [1.82, 2.24) is 5.32 Å². The van der Waals surface area contributed by atoms with Crippen molar-refractivity contribution in [3.8, 4) is 0 Å². The van der Waals surface area contributed by atoms with E-state index in [0.29, 0.717) is 5.56 Å². The van der Waals surface area contributed by atoms with Gasteiger partial charge in [-0.25, -0.2) is 8.78 Å². The maximum Gasteiger partial charge on any atom is 0.253 e.